The van der Waals surface area contributed by atoms with Crippen LogP contribution in [0, 0.1) is 11.3 Å². The number of nitrogens with one attached hydrogen (secondary N) is 1. The predicted molar refractivity (Wildman–Crippen MR) is 120 cm³/mol. The van der Waals surface area contributed by atoms with Gasteiger partial charge in [-0.3, -0.25) is 5.32 Å². The van der Waals surface area contributed by atoms with Crippen LogP contribution in [0.25, 0.3) is 0 Å². The number of benzene rings is 2. The van der Waals surface area contributed by atoms with Crippen LogP contribution in [-0.4, -0.2) is 48.7 Å². The molecule has 0 radical (unpaired) electrons. The third kappa shape index (κ3) is 8.65. The Morgan fingerprint density at radius 3 is 2.61 bits per heavy atom. The predicted octanol–water partition coefficient (Wildman–Crippen LogP) is 3.66. The quantitative estimate of drug-likeness (QED) is 0.413. The molecule has 0 aromatic heterocycles. The van der Waals surface area contributed by atoms with Crippen molar-refractivity contribution in [2.45, 2.75) is 25.0 Å². The zero-order valence-electron chi connectivity index (χ0n) is 18.1. The van der Waals surface area contributed by atoms with E-state index in [-0.39, 0.29) is 13.2 Å². The van der Waals surface area contributed by atoms with Crippen LogP contribution in [0.2, 0.25) is 0 Å². The summed E-state index contributed by atoms with van der Waals surface area (Å²) in [6.45, 7) is -0.0321. The van der Waals surface area contributed by atoms with Crippen molar-refractivity contribution in [3.63, 3.8) is 0 Å². The van der Waals surface area contributed by atoms with Gasteiger partial charge in [-0.2, -0.15) is 5.26 Å². The number of ether oxygens (including phenoxy) is 3. The van der Waals surface area contributed by atoms with E-state index in [0.717, 1.165) is 6.08 Å². The maximum absolute atomic E-state index is 12.6. The van der Waals surface area contributed by atoms with Crippen LogP contribution >= 0.6 is 0 Å². The van der Waals surface area contributed by atoms with E-state index in [2.05, 4.69) is 5.32 Å². The van der Waals surface area contributed by atoms with Gasteiger partial charge in [0.2, 0.25) is 0 Å². The number of allylic oxidation sites excluding steroid dienone is 1. The maximum atomic E-state index is 12.6. The molecular weight excluding hydrogens is 428 g/mol. The number of aliphatic hydroxyl groups excluding tert-OH is 1. The Balaban J connectivity index is 2.21. The molecule has 3 N–H and O–H groups in total. The highest BCUT2D eigenvalue weighted by Gasteiger charge is 2.27. The molecule has 2 rings (SSSR count). The van der Waals surface area contributed by atoms with E-state index in [1.807, 2.05) is 6.07 Å². The second kappa shape index (κ2) is 13.5. The SMILES string of the molecule is CO[C@H](CC/C=C/C(=O)O)[C@H](OC(=O)Nc1ccc(C#N)cc1)c1cccc(OCCO)c1. The molecule has 0 unspecified atom stereocenters. The highest BCUT2D eigenvalue weighted by molar-refractivity contribution is 5.84. The number of aliphatic carboxylic acids is 1. The van der Waals surface area contributed by atoms with Crippen LogP contribution in [0.5, 0.6) is 5.75 Å². The van der Waals surface area contributed by atoms with Crippen molar-refractivity contribution in [2.24, 2.45) is 0 Å². The summed E-state index contributed by atoms with van der Waals surface area (Å²) in [4.78, 5) is 23.3. The van der Waals surface area contributed by atoms with Gasteiger partial charge in [-0.15, -0.1) is 0 Å². The van der Waals surface area contributed by atoms with E-state index >= 15 is 0 Å². The number of hydrogen-bond acceptors (Lipinski definition) is 7. The van der Waals surface area contributed by atoms with Gasteiger partial charge in [-0.05, 0) is 54.8 Å². The fraction of sp³-hybridized carbons (Fsp3) is 0.292. The molecule has 1 amide bonds. The smallest absolute Gasteiger partial charge is 0.412 e. The summed E-state index contributed by atoms with van der Waals surface area (Å²) in [5, 5.41) is 29.3. The molecule has 0 bridgehead atoms. The minimum atomic E-state index is -1.05. The van der Waals surface area contributed by atoms with Crippen LogP contribution < -0.4 is 10.1 Å². The first-order valence-electron chi connectivity index (χ1n) is 10.2. The first-order chi connectivity index (χ1) is 16.0. The van der Waals surface area contributed by atoms with Crippen LogP contribution in [0.4, 0.5) is 10.5 Å². The highest BCUT2D eigenvalue weighted by atomic mass is 16.6. The number of aliphatic hydroxyl groups is 1. The summed E-state index contributed by atoms with van der Waals surface area (Å²) >= 11 is 0. The lowest BCUT2D eigenvalue weighted by molar-refractivity contribution is -0.131. The van der Waals surface area contributed by atoms with E-state index < -0.39 is 24.3 Å². The average Bonchev–Trinajstić information content (AvgIpc) is 2.82. The van der Waals surface area contributed by atoms with E-state index in [4.69, 9.17) is 29.7 Å². The lowest BCUT2D eigenvalue weighted by Gasteiger charge is -2.26. The summed E-state index contributed by atoms with van der Waals surface area (Å²) in [6.07, 6.45) is 1.19. The number of carbonyl (C=O) groups is 2. The van der Waals surface area contributed by atoms with Crippen molar-refractivity contribution in [3.8, 4) is 11.8 Å². The van der Waals surface area contributed by atoms with Crippen molar-refractivity contribution in [1.82, 2.24) is 0 Å². The van der Waals surface area contributed by atoms with Gasteiger partial charge >= 0.3 is 12.1 Å². The molecule has 0 aliphatic heterocycles. The lowest BCUT2D eigenvalue weighted by Crippen LogP contribution is -2.28. The summed E-state index contributed by atoms with van der Waals surface area (Å²) in [5.41, 5.74) is 1.52. The molecule has 0 saturated carbocycles. The normalized spacial score (nSPS) is 12.5. The van der Waals surface area contributed by atoms with E-state index in [1.165, 1.54) is 13.2 Å². The van der Waals surface area contributed by atoms with Crippen molar-refractivity contribution in [2.75, 3.05) is 25.6 Å². The van der Waals surface area contributed by atoms with Gasteiger partial charge in [-0.25, -0.2) is 9.59 Å². The number of carbonyl (C=O) groups excluding carboxylic acids is 1. The number of anilines is 1. The average molecular weight is 454 g/mol. The Morgan fingerprint density at radius 2 is 1.97 bits per heavy atom. The van der Waals surface area contributed by atoms with E-state index in [1.54, 1.807) is 48.5 Å². The molecule has 0 fully saturated rings. The van der Waals surface area contributed by atoms with Crippen LogP contribution in [-0.2, 0) is 14.3 Å². The highest BCUT2D eigenvalue weighted by Crippen LogP contribution is 2.29. The minimum absolute atomic E-state index is 0.113. The van der Waals surface area contributed by atoms with Gasteiger partial charge in [0.05, 0.1) is 24.3 Å². The molecule has 33 heavy (non-hydrogen) atoms. The van der Waals surface area contributed by atoms with Gasteiger partial charge in [0.1, 0.15) is 12.4 Å². The van der Waals surface area contributed by atoms with E-state index in [0.29, 0.717) is 35.4 Å². The third-order valence-corrected chi connectivity index (χ3v) is 4.56. The maximum Gasteiger partial charge on any atom is 0.412 e. The van der Waals surface area contributed by atoms with E-state index in [9.17, 15) is 9.59 Å². The number of methoxy groups -OCH3 is 1. The van der Waals surface area contributed by atoms with Crippen LogP contribution in [0.1, 0.15) is 30.1 Å². The number of hydrogen-bond donors (Lipinski definition) is 3. The number of nitriles is 1. The second-order valence-electron chi connectivity index (χ2n) is 6.88. The second-order valence-corrected chi connectivity index (χ2v) is 6.88. The largest absolute Gasteiger partial charge is 0.491 e. The van der Waals surface area contributed by atoms with Gasteiger partial charge in [-0.1, -0.05) is 18.2 Å². The first-order valence-corrected chi connectivity index (χ1v) is 10.2. The topological polar surface area (TPSA) is 138 Å². The van der Waals surface area contributed by atoms with Gasteiger partial charge < -0.3 is 24.4 Å². The Labute approximate surface area is 191 Å². The molecule has 0 aliphatic rings. The molecule has 0 spiro atoms. The Kier molecular flexibility index (Phi) is 10.4. The molecule has 174 valence electrons. The number of carboxylic acid groups (broad SMARTS) is 1. The number of rotatable bonds is 12. The molecule has 2 aromatic carbocycles. The monoisotopic (exact) mass is 454 g/mol. The lowest BCUT2D eigenvalue weighted by atomic mass is 10.00. The Bertz CT molecular complexity index is 983. The summed E-state index contributed by atoms with van der Waals surface area (Å²) in [7, 11) is 1.48. The third-order valence-electron chi connectivity index (χ3n) is 4.56. The fourth-order valence-electron chi connectivity index (χ4n) is 3.03. The Hall–Kier alpha value is -3.87. The molecule has 0 heterocycles. The Morgan fingerprint density at radius 1 is 1.21 bits per heavy atom. The molecular formula is C24H26N2O7. The van der Waals surface area contributed by atoms with Crippen molar-refractivity contribution in [1.29, 1.82) is 5.26 Å². The molecule has 9 heteroatoms. The number of nitrogens with zero attached hydrogens (tertiary/aromatic N) is 1. The number of carboxylic acids is 1. The zero-order chi connectivity index (χ0) is 24.1. The molecule has 9 nitrogen and oxygen atoms in total. The first kappa shape index (κ1) is 25.4. The summed E-state index contributed by atoms with van der Waals surface area (Å²) < 4.78 is 16.7. The minimum Gasteiger partial charge on any atom is -0.491 e. The van der Waals surface area contributed by atoms with Crippen LogP contribution in [0.3, 0.4) is 0 Å². The molecule has 0 aliphatic carbocycles. The standard InChI is InChI=1S/C24H26N2O7/c1-31-21(7-2-3-8-22(28)29)23(18-5-4-6-20(15-18)32-14-13-27)33-24(30)26-19-11-9-17(16-25)10-12-19/h3-6,8-12,15,21,23,27H,2,7,13-14H2,1H3,(H,26,30)(H,28,29)/b8-3+/t21-,23-/m1/s1. The summed E-state index contributed by atoms with van der Waals surface area (Å²) in [5.74, 6) is -0.560. The van der Waals surface area contributed by atoms with Crippen LogP contribution in [0.15, 0.2) is 60.7 Å². The van der Waals surface area contributed by atoms with Crippen molar-refractivity contribution in [3.05, 3.63) is 71.8 Å². The number of amides is 1. The van der Waals surface area contributed by atoms with Crippen molar-refractivity contribution >= 4 is 17.7 Å². The summed E-state index contributed by atoms with van der Waals surface area (Å²) in [6, 6.07) is 15.2. The van der Waals surface area contributed by atoms with Crippen molar-refractivity contribution < 1.29 is 34.0 Å². The molecule has 2 atom stereocenters. The molecule has 2 aromatic rings. The zero-order valence-corrected chi connectivity index (χ0v) is 18.1. The van der Waals surface area contributed by atoms with Gasteiger partial charge in [0.25, 0.3) is 0 Å². The fourth-order valence-corrected chi connectivity index (χ4v) is 3.03. The molecule has 0 saturated heterocycles. The van der Waals surface area contributed by atoms with Gasteiger partial charge in [0, 0.05) is 18.9 Å². The van der Waals surface area contributed by atoms with Gasteiger partial charge in [0.15, 0.2) is 6.10 Å².